The maximum absolute atomic E-state index is 12.1. The maximum atomic E-state index is 12.1. The van der Waals surface area contributed by atoms with E-state index in [4.69, 9.17) is 27.9 Å². The van der Waals surface area contributed by atoms with E-state index in [0.717, 1.165) is 10.0 Å². The number of anilines is 1. The largest absolute Gasteiger partial charge is 0.484 e. The fourth-order valence-corrected chi connectivity index (χ4v) is 2.71. The monoisotopic (exact) mass is 485 g/mol. The molecule has 0 fully saturated rings. The van der Waals surface area contributed by atoms with Gasteiger partial charge in [0.15, 0.2) is 6.61 Å². The van der Waals surface area contributed by atoms with E-state index in [1.165, 1.54) is 0 Å². The van der Waals surface area contributed by atoms with Gasteiger partial charge < -0.3 is 10.1 Å². The molecule has 6 nitrogen and oxygen atoms in total. The third kappa shape index (κ3) is 6.82. The first-order valence-electron chi connectivity index (χ1n) is 8.21. The van der Waals surface area contributed by atoms with Crippen LogP contribution in [0.4, 0.5) is 5.69 Å². The average Bonchev–Trinajstić information content (AvgIpc) is 2.64. The molecule has 28 heavy (non-hydrogen) atoms. The summed E-state index contributed by atoms with van der Waals surface area (Å²) in [6, 6.07) is 10.4. The molecular weight excluding hydrogens is 469 g/mol. The molecule has 0 bridgehead atoms. The van der Waals surface area contributed by atoms with Crippen molar-refractivity contribution in [1.29, 1.82) is 0 Å². The zero-order chi connectivity index (χ0) is 20.7. The van der Waals surface area contributed by atoms with Crippen LogP contribution in [-0.4, -0.2) is 24.1 Å². The summed E-state index contributed by atoms with van der Waals surface area (Å²) in [6.07, 6.45) is -0.0180. The molecule has 9 heteroatoms. The highest BCUT2D eigenvalue weighted by atomic mass is 79.9. The van der Waals surface area contributed by atoms with Gasteiger partial charge in [-0.05, 0) is 49.7 Å². The predicted octanol–water partition coefficient (Wildman–Crippen LogP) is 4.96. The second-order valence-electron chi connectivity index (χ2n) is 5.91. The predicted molar refractivity (Wildman–Crippen MR) is 115 cm³/mol. The molecule has 0 unspecified atom stereocenters. The van der Waals surface area contributed by atoms with Crippen molar-refractivity contribution in [2.45, 2.75) is 20.3 Å². The number of rotatable bonds is 7. The Hall–Kier alpha value is -2.09. The van der Waals surface area contributed by atoms with Gasteiger partial charge in [-0.15, -0.1) is 0 Å². The van der Waals surface area contributed by atoms with Crippen LogP contribution >= 0.6 is 39.1 Å². The van der Waals surface area contributed by atoms with Gasteiger partial charge in [-0.3, -0.25) is 9.59 Å². The van der Waals surface area contributed by atoms with Gasteiger partial charge in [0.25, 0.3) is 5.91 Å². The molecule has 0 saturated heterocycles. The molecule has 2 N–H and O–H groups in total. The smallest absolute Gasteiger partial charge is 0.277 e. The van der Waals surface area contributed by atoms with E-state index >= 15 is 0 Å². The molecule has 2 rings (SSSR count). The number of carbonyl (C=O) groups is 2. The third-order valence-electron chi connectivity index (χ3n) is 3.51. The lowest BCUT2D eigenvalue weighted by atomic mass is 10.2. The summed E-state index contributed by atoms with van der Waals surface area (Å²) in [5.74, 6) is -0.186. The van der Waals surface area contributed by atoms with Gasteiger partial charge in [0.2, 0.25) is 5.91 Å². The van der Waals surface area contributed by atoms with Crippen molar-refractivity contribution in [1.82, 2.24) is 5.43 Å². The van der Waals surface area contributed by atoms with Crippen LogP contribution < -0.4 is 15.5 Å². The van der Waals surface area contributed by atoms with E-state index in [0.29, 0.717) is 22.2 Å². The van der Waals surface area contributed by atoms with Crippen molar-refractivity contribution in [3.8, 4) is 5.75 Å². The highest BCUT2D eigenvalue weighted by molar-refractivity contribution is 9.10. The lowest BCUT2D eigenvalue weighted by molar-refractivity contribution is -0.123. The number of amides is 2. The van der Waals surface area contributed by atoms with Crippen LogP contribution in [0.2, 0.25) is 10.0 Å². The van der Waals surface area contributed by atoms with E-state index in [9.17, 15) is 9.59 Å². The number of hydrazone groups is 1. The number of hydrogen-bond acceptors (Lipinski definition) is 4. The fourth-order valence-electron chi connectivity index (χ4n) is 2.11. The summed E-state index contributed by atoms with van der Waals surface area (Å²) >= 11 is 15.3. The molecule has 0 aliphatic heterocycles. The molecule has 0 radical (unpaired) electrons. The summed E-state index contributed by atoms with van der Waals surface area (Å²) in [4.78, 5) is 23.9. The Morgan fingerprint density at radius 1 is 1.18 bits per heavy atom. The quantitative estimate of drug-likeness (QED) is 0.428. The topological polar surface area (TPSA) is 79.8 Å². The van der Waals surface area contributed by atoms with E-state index in [1.807, 2.05) is 19.1 Å². The molecule has 2 amide bonds. The van der Waals surface area contributed by atoms with Gasteiger partial charge in [0.1, 0.15) is 5.75 Å². The summed E-state index contributed by atoms with van der Waals surface area (Å²) in [6.45, 7) is 3.35. The first kappa shape index (κ1) is 22.2. The highest BCUT2D eigenvalue weighted by Crippen LogP contribution is 2.29. The summed E-state index contributed by atoms with van der Waals surface area (Å²) in [5.41, 5.74) is 4.18. The summed E-state index contributed by atoms with van der Waals surface area (Å²) in [7, 11) is 0. The first-order valence-corrected chi connectivity index (χ1v) is 9.76. The molecule has 0 saturated carbocycles. The molecule has 148 valence electrons. The molecule has 2 aromatic rings. The molecule has 0 spiro atoms. The number of nitrogens with one attached hydrogen (secondary N) is 2. The zero-order valence-corrected chi connectivity index (χ0v) is 18.3. The van der Waals surface area contributed by atoms with Gasteiger partial charge in [0.05, 0.1) is 22.2 Å². The third-order valence-corrected chi connectivity index (χ3v) is 5.22. The highest BCUT2D eigenvalue weighted by Gasteiger charge is 2.10. The van der Waals surface area contributed by atoms with Crippen LogP contribution in [0.3, 0.4) is 0 Å². The molecule has 0 heterocycles. The lowest BCUT2D eigenvalue weighted by Crippen LogP contribution is -2.26. The minimum atomic E-state index is -0.432. The number of benzene rings is 2. The zero-order valence-electron chi connectivity index (χ0n) is 15.2. The van der Waals surface area contributed by atoms with Crippen molar-refractivity contribution >= 4 is 62.3 Å². The SMILES string of the molecule is C/C(CC(=O)Nc1cccc(Cl)c1Cl)=N\NC(=O)COc1ccc(Br)c(C)c1. The first-order chi connectivity index (χ1) is 13.3. The summed E-state index contributed by atoms with van der Waals surface area (Å²) in [5, 5.41) is 7.16. The Morgan fingerprint density at radius 2 is 1.93 bits per heavy atom. The average molecular weight is 487 g/mol. The van der Waals surface area contributed by atoms with Crippen molar-refractivity contribution in [2.75, 3.05) is 11.9 Å². The molecule has 0 atom stereocenters. The molecule has 0 aliphatic rings. The van der Waals surface area contributed by atoms with Crippen LogP contribution in [0.25, 0.3) is 0 Å². The maximum Gasteiger partial charge on any atom is 0.277 e. The van der Waals surface area contributed by atoms with Gasteiger partial charge in [0, 0.05) is 10.2 Å². The number of aryl methyl sites for hydroxylation is 1. The van der Waals surface area contributed by atoms with Gasteiger partial charge in [-0.1, -0.05) is 45.2 Å². The van der Waals surface area contributed by atoms with E-state index < -0.39 is 5.91 Å². The Balaban J connectivity index is 1.80. The van der Waals surface area contributed by atoms with Crippen LogP contribution in [0.1, 0.15) is 18.9 Å². The van der Waals surface area contributed by atoms with Crippen LogP contribution in [0.15, 0.2) is 46.0 Å². The van der Waals surface area contributed by atoms with Crippen LogP contribution in [-0.2, 0) is 9.59 Å². The van der Waals surface area contributed by atoms with Gasteiger partial charge >= 0.3 is 0 Å². The van der Waals surface area contributed by atoms with Crippen molar-refractivity contribution in [3.05, 3.63) is 56.5 Å². The van der Waals surface area contributed by atoms with Gasteiger partial charge in [-0.25, -0.2) is 5.43 Å². The number of ether oxygens (including phenoxy) is 1. The van der Waals surface area contributed by atoms with Crippen molar-refractivity contribution in [2.24, 2.45) is 5.10 Å². The summed E-state index contributed by atoms with van der Waals surface area (Å²) < 4.78 is 6.37. The van der Waals surface area contributed by atoms with Crippen LogP contribution in [0.5, 0.6) is 5.75 Å². The fraction of sp³-hybridized carbons (Fsp3) is 0.211. The second-order valence-corrected chi connectivity index (χ2v) is 7.55. The number of halogens is 3. The molecule has 0 aromatic heterocycles. The van der Waals surface area contributed by atoms with Crippen LogP contribution in [0, 0.1) is 6.92 Å². The Kier molecular flexibility index (Phi) is 8.29. The Labute approximate surface area is 181 Å². The number of nitrogens with zero attached hydrogens (tertiary/aromatic N) is 1. The van der Waals surface area contributed by atoms with E-state index in [-0.39, 0.29) is 24.0 Å². The van der Waals surface area contributed by atoms with Crippen molar-refractivity contribution < 1.29 is 14.3 Å². The number of hydrogen-bond donors (Lipinski definition) is 2. The minimum Gasteiger partial charge on any atom is -0.484 e. The van der Waals surface area contributed by atoms with E-state index in [1.54, 1.807) is 31.2 Å². The number of carbonyl (C=O) groups excluding carboxylic acids is 2. The Morgan fingerprint density at radius 3 is 2.64 bits per heavy atom. The molecule has 0 aliphatic carbocycles. The van der Waals surface area contributed by atoms with Gasteiger partial charge in [-0.2, -0.15) is 5.10 Å². The minimum absolute atomic E-state index is 0.0180. The lowest BCUT2D eigenvalue weighted by Gasteiger charge is -2.09. The molecule has 2 aromatic carbocycles. The Bertz CT molecular complexity index is 919. The standard InChI is InChI=1S/C19H18BrCl2N3O3/c1-11-8-13(6-7-14(11)20)28-10-18(27)25-24-12(2)9-17(26)23-16-5-3-4-15(21)19(16)22/h3-8H,9-10H2,1-2H3,(H,23,26)(H,25,27)/b24-12+. The second kappa shape index (κ2) is 10.5. The molecular formula is C19H18BrCl2N3O3. The van der Waals surface area contributed by atoms with Crippen molar-refractivity contribution in [3.63, 3.8) is 0 Å². The normalized spacial score (nSPS) is 11.1. The van der Waals surface area contributed by atoms with E-state index in [2.05, 4.69) is 31.8 Å².